The zero-order valence-electron chi connectivity index (χ0n) is 23.1. The normalized spacial score (nSPS) is 17.4. The number of carbonyl (C=O) groups is 2. The molecule has 6 nitrogen and oxygen atoms in total. The van der Waals surface area contributed by atoms with Gasteiger partial charge in [0.15, 0.2) is 0 Å². The van der Waals surface area contributed by atoms with Crippen molar-refractivity contribution in [2.45, 2.75) is 63.6 Å². The van der Waals surface area contributed by atoms with E-state index in [4.69, 9.17) is 0 Å². The molecule has 1 heterocycles. The zero-order chi connectivity index (χ0) is 29.3. The number of piperidine rings is 1. The van der Waals surface area contributed by atoms with E-state index in [1.165, 1.54) is 12.1 Å². The van der Waals surface area contributed by atoms with Gasteiger partial charge in [0.1, 0.15) is 5.82 Å². The molecule has 2 amide bonds. The fourth-order valence-corrected chi connectivity index (χ4v) is 5.51. The molecule has 2 aromatic rings. The third kappa shape index (κ3) is 7.81. The van der Waals surface area contributed by atoms with Crippen LogP contribution in [0, 0.1) is 11.7 Å². The van der Waals surface area contributed by atoms with E-state index in [0.717, 1.165) is 12.0 Å². The number of halogens is 4. The quantitative estimate of drug-likeness (QED) is 0.252. The Hall–Kier alpha value is -2.98. The van der Waals surface area contributed by atoms with Crippen LogP contribution in [-0.2, 0) is 21.6 Å². The molecule has 40 heavy (non-hydrogen) atoms. The Morgan fingerprint density at radius 2 is 1.85 bits per heavy atom. The molecule has 10 heteroatoms. The molecular weight excluding hydrogens is 526 g/mol. The summed E-state index contributed by atoms with van der Waals surface area (Å²) in [4.78, 5) is 26.0. The largest absolute Gasteiger partial charge is 0.471 e. The molecule has 2 atom stereocenters. The number of alkyl halides is 3. The molecule has 0 saturated carbocycles. The number of hydrogen-bond donors (Lipinski definition) is 3. The van der Waals surface area contributed by atoms with Gasteiger partial charge in [-0.05, 0) is 74.9 Å². The molecule has 3 rings (SSSR count). The Kier molecular flexibility index (Phi) is 11.1. The van der Waals surface area contributed by atoms with E-state index < -0.39 is 29.4 Å². The molecule has 2 aromatic carbocycles. The van der Waals surface area contributed by atoms with Gasteiger partial charge in [-0.2, -0.15) is 13.2 Å². The number of nitrogens with one attached hydrogen (secondary N) is 2. The summed E-state index contributed by atoms with van der Waals surface area (Å²) in [6.07, 6.45) is -2.08. The fraction of sp³-hybridized carbons (Fsp3) is 0.533. The molecule has 220 valence electrons. The van der Waals surface area contributed by atoms with E-state index >= 15 is 4.39 Å². The predicted molar refractivity (Wildman–Crippen MR) is 146 cm³/mol. The zero-order valence-corrected chi connectivity index (χ0v) is 23.1. The van der Waals surface area contributed by atoms with Crippen LogP contribution < -0.4 is 10.6 Å². The molecular formula is C30H39F4N3O3. The number of aryl methyl sites for hydroxylation is 1. The van der Waals surface area contributed by atoms with Gasteiger partial charge >= 0.3 is 12.1 Å². The van der Waals surface area contributed by atoms with Gasteiger partial charge in [-0.1, -0.05) is 43.3 Å². The lowest BCUT2D eigenvalue weighted by molar-refractivity contribution is -0.173. The number of benzene rings is 2. The van der Waals surface area contributed by atoms with Crippen molar-refractivity contribution in [3.05, 3.63) is 59.4 Å². The minimum absolute atomic E-state index is 0.0237. The van der Waals surface area contributed by atoms with Crippen molar-refractivity contribution < 1.29 is 32.3 Å². The third-order valence-corrected chi connectivity index (χ3v) is 7.65. The van der Waals surface area contributed by atoms with Crippen LogP contribution in [0.3, 0.4) is 0 Å². The Bertz CT molecular complexity index is 1160. The molecule has 1 fully saturated rings. The molecule has 0 radical (unpaired) electrons. The Balaban J connectivity index is 1.97. The number of carbonyl (C=O) groups excluding carboxylic acids is 2. The number of nitrogens with zero attached hydrogens (tertiary/aromatic N) is 1. The maximum absolute atomic E-state index is 15.5. The van der Waals surface area contributed by atoms with E-state index in [2.05, 4.69) is 5.32 Å². The van der Waals surface area contributed by atoms with E-state index in [1.807, 2.05) is 37.5 Å². The number of amides is 2. The second kappa shape index (κ2) is 14.1. The van der Waals surface area contributed by atoms with Crippen LogP contribution in [0.25, 0.3) is 11.1 Å². The lowest BCUT2D eigenvalue weighted by Gasteiger charge is -2.43. The van der Waals surface area contributed by atoms with Gasteiger partial charge in [-0.15, -0.1) is 0 Å². The molecule has 0 aromatic heterocycles. The maximum Gasteiger partial charge on any atom is 0.471 e. The molecule has 0 spiro atoms. The standard InChI is InChI=1S/C30H39F4N3O3/c1-3-21-9-4-10-22(19-21)27-24(12-5-13-25(27)31)29(40,15-8-17-36-28(39)30(32,33)34)23-11-7-18-37(20-23)26(38)14-6-16-35-2/h4-5,9-10,12-13,19,23,35,40H,3,6-8,11,14-18,20H2,1-2H3,(H,36,39)/t23?,29-/m0/s1. The average molecular weight is 566 g/mol. The van der Waals surface area contributed by atoms with Crippen LogP contribution in [0.15, 0.2) is 42.5 Å². The fourth-order valence-electron chi connectivity index (χ4n) is 5.51. The van der Waals surface area contributed by atoms with Crippen molar-refractivity contribution in [3.63, 3.8) is 0 Å². The van der Waals surface area contributed by atoms with E-state index in [1.54, 1.807) is 17.0 Å². The monoisotopic (exact) mass is 565 g/mol. The summed E-state index contributed by atoms with van der Waals surface area (Å²) >= 11 is 0. The van der Waals surface area contributed by atoms with Gasteiger partial charge in [-0.3, -0.25) is 9.59 Å². The molecule has 0 bridgehead atoms. The minimum atomic E-state index is -5.01. The predicted octanol–water partition coefficient (Wildman–Crippen LogP) is 4.94. The number of aliphatic hydroxyl groups is 1. The number of hydrogen-bond acceptors (Lipinski definition) is 4. The first kappa shape index (κ1) is 31.5. The molecule has 0 aliphatic carbocycles. The highest BCUT2D eigenvalue weighted by atomic mass is 19.4. The van der Waals surface area contributed by atoms with Crippen molar-refractivity contribution in [3.8, 4) is 11.1 Å². The van der Waals surface area contributed by atoms with E-state index in [0.29, 0.717) is 49.9 Å². The van der Waals surface area contributed by atoms with Gasteiger partial charge in [0.2, 0.25) is 5.91 Å². The van der Waals surface area contributed by atoms with Gasteiger partial charge in [0.05, 0.1) is 5.60 Å². The summed E-state index contributed by atoms with van der Waals surface area (Å²) in [6, 6.07) is 11.9. The van der Waals surface area contributed by atoms with Crippen LogP contribution in [0.5, 0.6) is 0 Å². The Morgan fingerprint density at radius 3 is 2.55 bits per heavy atom. The van der Waals surface area contributed by atoms with E-state index in [-0.39, 0.29) is 37.4 Å². The highest BCUT2D eigenvalue weighted by molar-refractivity contribution is 5.81. The first-order valence-corrected chi connectivity index (χ1v) is 13.9. The Morgan fingerprint density at radius 1 is 1.10 bits per heavy atom. The topological polar surface area (TPSA) is 81.7 Å². The third-order valence-electron chi connectivity index (χ3n) is 7.65. The molecule has 3 N–H and O–H groups in total. The highest BCUT2D eigenvalue weighted by Crippen LogP contribution is 2.44. The summed E-state index contributed by atoms with van der Waals surface area (Å²) in [5, 5.41) is 17.3. The lowest BCUT2D eigenvalue weighted by Crippen LogP contribution is -2.48. The molecule has 1 saturated heterocycles. The van der Waals surface area contributed by atoms with Crippen LogP contribution in [0.4, 0.5) is 17.6 Å². The van der Waals surface area contributed by atoms with Crippen LogP contribution >= 0.6 is 0 Å². The second-order valence-electron chi connectivity index (χ2n) is 10.4. The first-order chi connectivity index (χ1) is 19.0. The lowest BCUT2D eigenvalue weighted by atomic mass is 9.72. The summed E-state index contributed by atoms with van der Waals surface area (Å²) in [7, 11) is 1.81. The van der Waals surface area contributed by atoms with E-state index in [9.17, 15) is 27.9 Å². The van der Waals surface area contributed by atoms with Crippen LogP contribution in [0.2, 0.25) is 0 Å². The van der Waals surface area contributed by atoms with Gasteiger partial charge in [0, 0.05) is 37.5 Å². The highest BCUT2D eigenvalue weighted by Gasteiger charge is 2.43. The number of likely N-dealkylation sites (tertiary alicyclic amines) is 1. The molecule has 1 aliphatic rings. The summed E-state index contributed by atoms with van der Waals surface area (Å²) in [6.45, 7) is 3.16. The summed E-state index contributed by atoms with van der Waals surface area (Å²) in [5.74, 6) is -3.09. The van der Waals surface area contributed by atoms with Crippen molar-refractivity contribution in [2.24, 2.45) is 5.92 Å². The maximum atomic E-state index is 15.5. The average Bonchev–Trinajstić information content (AvgIpc) is 2.94. The van der Waals surface area contributed by atoms with Gasteiger partial charge < -0.3 is 20.6 Å². The van der Waals surface area contributed by atoms with Crippen LogP contribution in [0.1, 0.15) is 56.6 Å². The molecule has 1 unspecified atom stereocenters. The Labute approximate surface area is 233 Å². The minimum Gasteiger partial charge on any atom is -0.385 e. The van der Waals surface area contributed by atoms with Crippen molar-refractivity contribution >= 4 is 11.8 Å². The van der Waals surface area contributed by atoms with Crippen LogP contribution in [-0.4, -0.2) is 61.2 Å². The smallest absolute Gasteiger partial charge is 0.385 e. The van der Waals surface area contributed by atoms with Crippen molar-refractivity contribution in [2.75, 3.05) is 33.2 Å². The SMILES string of the molecule is CCc1cccc(-c2c(F)cccc2[C@](O)(CCCNC(=O)C(F)(F)F)C2CCCN(C(=O)CCCNC)C2)c1. The van der Waals surface area contributed by atoms with Crippen molar-refractivity contribution in [1.29, 1.82) is 0 Å². The number of rotatable bonds is 12. The van der Waals surface area contributed by atoms with Crippen molar-refractivity contribution in [1.82, 2.24) is 15.5 Å². The summed E-state index contributed by atoms with van der Waals surface area (Å²) in [5.41, 5.74) is 0.481. The van der Waals surface area contributed by atoms with Gasteiger partial charge in [-0.25, -0.2) is 4.39 Å². The van der Waals surface area contributed by atoms with Gasteiger partial charge in [0.25, 0.3) is 0 Å². The summed E-state index contributed by atoms with van der Waals surface area (Å²) < 4.78 is 53.6. The second-order valence-corrected chi connectivity index (χ2v) is 10.4. The molecule has 1 aliphatic heterocycles. The first-order valence-electron chi connectivity index (χ1n) is 13.9.